The molecule has 4 atom stereocenters. The highest BCUT2D eigenvalue weighted by Crippen LogP contribution is 2.44. The molecule has 0 amide bonds. The lowest BCUT2D eigenvalue weighted by Crippen LogP contribution is -2.36. The van der Waals surface area contributed by atoms with Gasteiger partial charge < -0.3 is 20.1 Å². The van der Waals surface area contributed by atoms with E-state index < -0.39 is 29.0 Å². The lowest BCUT2D eigenvalue weighted by Gasteiger charge is -2.35. The number of nitrogens with two attached hydrogens (primary N) is 1. The van der Waals surface area contributed by atoms with Gasteiger partial charge in [-0.15, -0.1) is 0 Å². The third-order valence-electron chi connectivity index (χ3n) is 8.23. The van der Waals surface area contributed by atoms with Crippen LogP contribution in [0.2, 0.25) is 5.02 Å². The molecule has 0 bridgehead atoms. The van der Waals surface area contributed by atoms with Crippen LogP contribution in [0.4, 0.5) is 29.1 Å². The lowest BCUT2D eigenvalue weighted by atomic mass is 9.94. The summed E-state index contributed by atoms with van der Waals surface area (Å²) in [4.78, 5) is 13.4. The van der Waals surface area contributed by atoms with Crippen LogP contribution in [0, 0.1) is 5.92 Å². The fraction of sp³-hybridized carbons (Fsp3) is 0.643. The number of anilines is 2. The first-order valence-corrected chi connectivity index (χ1v) is 14.3. The number of methoxy groups -OCH3 is 1. The van der Waals surface area contributed by atoms with Gasteiger partial charge in [0.2, 0.25) is 0 Å². The van der Waals surface area contributed by atoms with Crippen molar-refractivity contribution in [1.29, 1.82) is 0 Å². The van der Waals surface area contributed by atoms with Crippen LogP contribution in [0.25, 0.3) is 0 Å². The fourth-order valence-corrected chi connectivity index (χ4v) is 6.74. The summed E-state index contributed by atoms with van der Waals surface area (Å²) in [5.74, 6) is 1.25. The highest BCUT2D eigenvalue weighted by molar-refractivity contribution is 6.31. The van der Waals surface area contributed by atoms with Crippen LogP contribution in [0.15, 0.2) is 12.1 Å². The van der Waals surface area contributed by atoms with Crippen LogP contribution in [0.3, 0.4) is 0 Å². The molecule has 0 saturated carbocycles. The number of ether oxygens (including phenoxy) is 2. The third-order valence-corrected chi connectivity index (χ3v) is 8.53. The van der Waals surface area contributed by atoms with Gasteiger partial charge >= 0.3 is 12.2 Å². The van der Waals surface area contributed by atoms with Crippen molar-refractivity contribution in [2.45, 2.75) is 76.5 Å². The summed E-state index contributed by atoms with van der Waals surface area (Å²) < 4.78 is 65.0. The molecule has 6 rings (SSSR count). The average Bonchev–Trinajstić information content (AvgIpc) is 3.47. The van der Waals surface area contributed by atoms with Crippen molar-refractivity contribution < 1.29 is 27.0 Å². The number of fused-ring (bicyclic) bond motifs is 2. The number of piperidine rings is 1. The van der Waals surface area contributed by atoms with E-state index in [-0.39, 0.29) is 30.3 Å². The predicted octanol–water partition coefficient (Wildman–Crippen LogP) is 5.98. The Morgan fingerprint density at radius 2 is 1.90 bits per heavy atom. The van der Waals surface area contributed by atoms with Gasteiger partial charge in [-0.1, -0.05) is 18.5 Å². The van der Waals surface area contributed by atoms with E-state index in [1.165, 1.54) is 26.0 Å². The van der Waals surface area contributed by atoms with E-state index in [2.05, 4.69) is 26.7 Å². The number of rotatable bonds is 3. The van der Waals surface area contributed by atoms with E-state index >= 15 is 0 Å². The molecule has 220 valence electrons. The molecule has 1 aromatic carbocycles. The van der Waals surface area contributed by atoms with E-state index in [0.717, 1.165) is 56.3 Å². The zero-order valence-corrected chi connectivity index (χ0v) is 23.6. The summed E-state index contributed by atoms with van der Waals surface area (Å²) in [5, 5.41) is -0.444. The van der Waals surface area contributed by atoms with Crippen LogP contribution in [-0.4, -0.2) is 60.4 Å². The van der Waals surface area contributed by atoms with Gasteiger partial charge in [0, 0.05) is 43.3 Å². The molecular formula is C28H36ClF4N5O2. The molecule has 7 nitrogen and oxygen atoms in total. The second kappa shape index (κ2) is 11.9. The molecule has 3 fully saturated rings. The minimum absolute atomic E-state index is 0.0890. The van der Waals surface area contributed by atoms with Gasteiger partial charge in [0.15, 0.2) is 0 Å². The molecule has 3 saturated heterocycles. The number of alkyl halides is 4. The fourth-order valence-electron chi connectivity index (χ4n) is 6.39. The molecule has 4 aliphatic rings. The zero-order chi connectivity index (χ0) is 28.6. The summed E-state index contributed by atoms with van der Waals surface area (Å²) in [6.45, 7) is 5.83. The van der Waals surface area contributed by atoms with Gasteiger partial charge in [-0.25, -0.2) is 4.39 Å². The molecule has 4 unspecified atom stereocenters. The van der Waals surface area contributed by atoms with Crippen molar-refractivity contribution in [2.24, 2.45) is 5.92 Å². The lowest BCUT2D eigenvalue weighted by molar-refractivity contribution is -0.139. The van der Waals surface area contributed by atoms with Crippen LogP contribution < -0.4 is 15.4 Å². The Bertz CT molecular complexity index is 1200. The number of hydrogen-bond acceptors (Lipinski definition) is 7. The highest BCUT2D eigenvalue weighted by Gasteiger charge is 2.40. The first-order valence-electron chi connectivity index (χ1n) is 13.9. The van der Waals surface area contributed by atoms with Gasteiger partial charge in [-0.2, -0.15) is 23.1 Å². The van der Waals surface area contributed by atoms with Crippen molar-refractivity contribution in [1.82, 2.24) is 14.9 Å². The maximum absolute atomic E-state index is 13.7. The number of benzene rings is 1. The third kappa shape index (κ3) is 6.26. The van der Waals surface area contributed by atoms with Gasteiger partial charge in [0.1, 0.15) is 12.0 Å². The van der Waals surface area contributed by atoms with Crippen LogP contribution >= 0.6 is 11.6 Å². The van der Waals surface area contributed by atoms with E-state index in [1.54, 1.807) is 0 Å². The van der Waals surface area contributed by atoms with Crippen molar-refractivity contribution >= 4 is 23.1 Å². The molecule has 2 N–H and O–H groups in total. The number of aromatic nitrogens is 2. The Balaban J connectivity index is 0.000000301. The van der Waals surface area contributed by atoms with Crippen molar-refractivity contribution in [3.63, 3.8) is 0 Å². The molecule has 40 heavy (non-hydrogen) atoms. The number of nitrogen functional groups attached to an aromatic ring is 1. The Morgan fingerprint density at radius 1 is 1.12 bits per heavy atom. The molecule has 5 heterocycles. The molecule has 0 radical (unpaired) electrons. The van der Waals surface area contributed by atoms with Gasteiger partial charge in [-0.3, -0.25) is 4.90 Å². The van der Waals surface area contributed by atoms with Crippen LogP contribution in [0.5, 0.6) is 6.01 Å². The van der Waals surface area contributed by atoms with Gasteiger partial charge in [0.25, 0.3) is 0 Å². The monoisotopic (exact) mass is 585 g/mol. The predicted molar refractivity (Wildman–Crippen MR) is 145 cm³/mol. The second-order valence-electron chi connectivity index (χ2n) is 11.2. The summed E-state index contributed by atoms with van der Waals surface area (Å²) in [5.41, 5.74) is 6.32. The summed E-state index contributed by atoms with van der Waals surface area (Å²) in [6, 6.07) is 3.18. The maximum Gasteiger partial charge on any atom is 0.418 e. The number of halogens is 5. The second-order valence-corrected chi connectivity index (χ2v) is 11.7. The van der Waals surface area contributed by atoms with Crippen molar-refractivity contribution in [2.75, 3.05) is 43.9 Å². The van der Waals surface area contributed by atoms with Gasteiger partial charge in [-0.05, 0) is 62.3 Å². The first-order chi connectivity index (χ1) is 19.0. The maximum atomic E-state index is 13.7. The highest BCUT2D eigenvalue weighted by atomic mass is 35.5. The summed E-state index contributed by atoms with van der Waals surface area (Å²) >= 11 is 5.92. The Morgan fingerprint density at radius 3 is 2.60 bits per heavy atom. The molecular weight excluding hydrogens is 550 g/mol. The van der Waals surface area contributed by atoms with E-state index in [1.807, 2.05) is 0 Å². The molecule has 0 spiro atoms. The molecule has 0 aliphatic carbocycles. The molecule has 2 aromatic rings. The zero-order valence-electron chi connectivity index (χ0n) is 22.8. The minimum Gasteiger partial charge on any atom is -0.467 e. The van der Waals surface area contributed by atoms with E-state index in [4.69, 9.17) is 26.8 Å². The normalized spacial score (nSPS) is 26.6. The Hall–Kier alpha value is -2.37. The van der Waals surface area contributed by atoms with E-state index in [9.17, 15) is 17.6 Å². The first kappa shape index (κ1) is 29.1. The van der Waals surface area contributed by atoms with Crippen LogP contribution in [-0.2, 0) is 23.9 Å². The largest absolute Gasteiger partial charge is 0.467 e. The standard InChI is InChI=1S/C21H24ClF3N4O2.C7H12FN/c1-11-4-3-5-29(9-11)19-14-10-31-17(8-16(14)27-20(28-19)30-2)13-6-12(26)7-15(22)18(13)21(23,24)25;8-6-4-7-2-1-3-9(7)5-6/h6-7,11,17H,3-5,8-10,26H2,1-2H3;6-7H,1-5H2. The summed E-state index contributed by atoms with van der Waals surface area (Å²) in [6.07, 6.45) is -0.389. The molecule has 12 heteroatoms. The Labute approximate surface area is 237 Å². The molecule has 4 aliphatic heterocycles. The quantitative estimate of drug-likeness (QED) is 0.351. The van der Waals surface area contributed by atoms with Crippen molar-refractivity contribution in [3.05, 3.63) is 39.5 Å². The average molecular weight is 586 g/mol. The number of hydrogen-bond donors (Lipinski definition) is 1. The smallest absolute Gasteiger partial charge is 0.418 e. The van der Waals surface area contributed by atoms with Gasteiger partial charge in [0.05, 0.1) is 36.1 Å². The molecule has 1 aromatic heterocycles. The van der Waals surface area contributed by atoms with Crippen molar-refractivity contribution in [3.8, 4) is 6.01 Å². The minimum atomic E-state index is -4.64. The van der Waals surface area contributed by atoms with Crippen LogP contribution in [0.1, 0.15) is 67.5 Å². The van der Waals surface area contributed by atoms with E-state index in [0.29, 0.717) is 24.2 Å². The topological polar surface area (TPSA) is 76.7 Å². The SMILES string of the molecule is COc1nc2c(c(N3CCCC(C)C3)n1)COC(c1cc(N)cc(Cl)c1C(F)(F)F)C2.FC1CC2CCCN2C1. The summed E-state index contributed by atoms with van der Waals surface area (Å²) in [7, 11) is 1.47. The Kier molecular flexibility index (Phi) is 8.63. The number of nitrogens with zero attached hydrogens (tertiary/aromatic N) is 4.